The fourth-order valence-electron chi connectivity index (χ4n) is 2.17. The zero-order valence-electron chi connectivity index (χ0n) is 10.6. The van der Waals surface area contributed by atoms with Gasteiger partial charge in [-0.2, -0.15) is 5.10 Å². The molecule has 0 saturated carbocycles. The van der Waals surface area contributed by atoms with Crippen molar-refractivity contribution in [2.45, 2.75) is 13.5 Å². The number of rotatable bonds is 2. The first-order chi connectivity index (χ1) is 9.15. The molecule has 0 unspecified atom stereocenters. The van der Waals surface area contributed by atoms with E-state index in [1.807, 2.05) is 31.2 Å². The highest BCUT2D eigenvalue weighted by atomic mass is 19.1. The average Bonchev–Trinajstić information content (AvgIpc) is 2.70. The van der Waals surface area contributed by atoms with Gasteiger partial charge in [0.05, 0.1) is 12.1 Å². The molecule has 0 atom stereocenters. The third kappa shape index (κ3) is 2.05. The predicted molar refractivity (Wildman–Crippen MR) is 74.4 cm³/mol. The lowest BCUT2D eigenvalue weighted by Gasteiger charge is -2.05. The van der Waals surface area contributed by atoms with Gasteiger partial charge in [0.15, 0.2) is 0 Å². The van der Waals surface area contributed by atoms with E-state index in [4.69, 9.17) is 5.73 Å². The van der Waals surface area contributed by atoms with Crippen LogP contribution >= 0.6 is 0 Å². The topological polar surface area (TPSA) is 43.8 Å². The Hall–Kier alpha value is -2.36. The maximum atomic E-state index is 13.6. The Labute approximate surface area is 110 Å². The van der Waals surface area contributed by atoms with Crippen molar-refractivity contribution in [3.63, 3.8) is 0 Å². The number of halogens is 1. The van der Waals surface area contributed by atoms with Gasteiger partial charge < -0.3 is 5.73 Å². The number of nitrogens with two attached hydrogens (primary N) is 1. The van der Waals surface area contributed by atoms with Gasteiger partial charge in [0.1, 0.15) is 11.6 Å². The Bertz CT molecular complexity index is 746. The van der Waals surface area contributed by atoms with Gasteiger partial charge in [0.25, 0.3) is 0 Å². The number of anilines is 1. The molecule has 0 aliphatic rings. The SMILES string of the molecule is Cc1ccc2nn(Cc3ccccc3F)c(N)c2c1. The van der Waals surface area contributed by atoms with Crippen molar-refractivity contribution < 1.29 is 4.39 Å². The van der Waals surface area contributed by atoms with Crippen molar-refractivity contribution >= 4 is 16.7 Å². The predicted octanol–water partition coefficient (Wildman–Crippen LogP) is 3.11. The Morgan fingerprint density at radius 1 is 1.21 bits per heavy atom. The minimum Gasteiger partial charge on any atom is -0.383 e. The summed E-state index contributed by atoms with van der Waals surface area (Å²) in [6, 6.07) is 12.6. The Balaban J connectivity index is 2.07. The monoisotopic (exact) mass is 255 g/mol. The molecule has 2 N–H and O–H groups in total. The second kappa shape index (κ2) is 4.39. The quantitative estimate of drug-likeness (QED) is 0.764. The van der Waals surface area contributed by atoms with E-state index in [0.29, 0.717) is 17.9 Å². The van der Waals surface area contributed by atoms with E-state index in [2.05, 4.69) is 5.10 Å². The van der Waals surface area contributed by atoms with E-state index in [0.717, 1.165) is 16.5 Å². The van der Waals surface area contributed by atoms with E-state index in [9.17, 15) is 4.39 Å². The number of aromatic nitrogens is 2. The fraction of sp³-hybridized carbons (Fsp3) is 0.133. The van der Waals surface area contributed by atoms with Crippen LogP contribution in [0, 0.1) is 12.7 Å². The molecule has 3 nitrogen and oxygen atoms in total. The maximum absolute atomic E-state index is 13.6. The lowest BCUT2D eigenvalue weighted by Crippen LogP contribution is -2.07. The van der Waals surface area contributed by atoms with Crippen LogP contribution in [-0.2, 0) is 6.54 Å². The van der Waals surface area contributed by atoms with Crippen LogP contribution in [0.5, 0.6) is 0 Å². The molecule has 0 fully saturated rings. The normalized spacial score (nSPS) is 11.1. The summed E-state index contributed by atoms with van der Waals surface area (Å²) in [5, 5.41) is 5.33. The highest BCUT2D eigenvalue weighted by molar-refractivity contribution is 5.89. The van der Waals surface area contributed by atoms with Crippen molar-refractivity contribution in [2.75, 3.05) is 5.73 Å². The van der Waals surface area contributed by atoms with E-state index in [-0.39, 0.29) is 5.82 Å². The third-order valence-corrected chi connectivity index (χ3v) is 3.21. The Morgan fingerprint density at radius 2 is 2.00 bits per heavy atom. The molecule has 96 valence electrons. The van der Waals surface area contributed by atoms with E-state index in [1.165, 1.54) is 6.07 Å². The van der Waals surface area contributed by atoms with Crippen LogP contribution in [-0.4, -0.2) is 9.78 Å². The average molecular weight is 255 g/mol. The standard InChI is InChI=1S/C15H14FN3/c1-10-6-7-14-12(8-10)15(17)19(18-14)9-11-4-2-3-5-13(11)16/h2-8H,9,17H2,1H3. The van der Waals surface area contributed by atoms with Gasteiger partial charge in [-0.05, 0) is 25.1 Å². The smallest absolute Gasteiger partial charge is 0.130 e. The number of nitrogen functional groups attached to an aromatic ring is 1. The van der Waals surface area contributed by atoms with Crippen molar-refractivity contribution in [1.82, 2.24) is 9.78 Å². The minimum absolute atomic E-state index is 0.238. The van der Waals surface area contributed by atoms with Gasteiger partial charge in [-0.15, -0.1) is 0 Å². The van der Waals surface area contributed by atoms with Crippen LogP contribution in [0.1, 0.15) is 11.1 Å². The van der Waals surface area contributed by atoms with Crippen LogP contribution < -0.4 is 5.73 Å². The van der Waals surface area contributed by atoms with Gasteiger partial charge in [-0.25, -0.2) is 9.07 Å². The number of nitrogens with zero attached hydrogens (tertiary/aromatic N) is 2. The van der Waals surface area contributed by atoms with E-state index >= 15 is 0 Å². The molecule has 0 amide bonds. The van der Waals surface area contributed by atoms with Crippen LogP contribution in [0.4, 0.5) is 10.2 Å². The molecule has 0 bridgehead atoms. The molecule has 0 radical (unpaired) electrons. The van der Waals surface area contributed by atoms with Gasteiger partial charge in [0.2, 0.25) is 0 Å². The number of benzene rings is 2. The van der Waals surface area contributed by atoms with Gasteiger partial charge in [-0.1, -0.05) is 29.8 Å². The van der Waals surface area contributed by atoms with Crippen LogP contribution in [0.25, 0.3) is 10.9 Å². The Kier molecular flexibility index (Phi) is 2.71. The van der Waals surface area contributed by atoms with Gasteiger partial charge in [0, 0.05) is 10.9 Å². The van der Waals surface area contributed by atoms with Gasteiger partial charge >= 0.3 is 0 Å². The van der Waals surface area contributed by atoms with Crippen molar-refractivity contribution in [1.29, 1.82) is 0 Å². The molecule has 1 heterocycles. The molecule has 0 aliphatic heterocycles. The summed E-state index contributed by atoms with van der Waals surface area (Å²) in [5.41, 5.74) is 8.63. The summed E-state index contributed by atoms with van der Waals surface area (Å²) in [6.45, 7) is 2.35. The second-order valence-corrected chi connectivity index (χ2v) is 4.65. The molecule has 0 saturated heterocycles. The molecular formula is C15H14FN3. The first-order valence-corrected chi connectivity index (χ1v) is 6.11. The van der Waals surface area contributed by atoms with Crippen LogP contribution in [0.3, 0.4) is 0 Å². The summed E-state index contributed by atoms with van der Waals surface area (Å²) in [4.78, 5) is 0. The molecule has 1 aromatic heterocycles. The van der Waals surface area contributed by atoms with Gasteiger partial charge in [-0.3, -0.25) is 0 Å². The second-order valence-electron chi connectivity index (χ2n) is 4.65. The largest absolute Gasteiger partial charge is 0.383 e. The summed E-state index contributed by atoms with van der Waals surface area (Å²) in [5.74, 6) is 0.333. The highest BCUT2D eigenvalue weighted by Crippen LogP contribution is 2.23. The molecule has 0 spiro atoms. The third-order valence-electron chi connectivity index (χ3n) is 3.21. The molecule has 4 heteroatoms. The number of hydrogen-bond donors (Lipinski definition) is 1. The lowest BCUT2D eigenvalue weighted by atomic mass is 10.2. The minimum atomic E-state index is -0.238. The zero-order valence-corrected chi connectivity index (χ0v) is 10.6. The van der Waals surface area contributed by atoms with Crippen molar-refractivity contribution in [3.8, 4) is 0 Å². The summed E-state index contributed by atoms with van der Waals surface area (Å²) < 4.78 is 15.3. The summed E-state index contributed by atoms with van der Waals surface area (Å²) in [7, 11) is 0. The molecule has 3 rings (SSSR count). The molecular weight excluding hydrogens is 241 g/mol. The lowest BCUT2D eigenvalue weighted by molar-refractivity contribution is 0.589. The van der Waals surface area contributed by atoms with Crippen LogP contribution in [0.2, 0.25) is 0 Å². The fourth-order valence-corrected chi connectivity index (χ4v) is 2.17. The maximum Gasteiger partial charge on any atom is 0.130 e. The van der Waals surface area contributed by atoms with E-state index in [1.54, 1.807) is 16.8 Å². The number of fused-ring (bicyclic) bond motifs is 1. The summed E-state index contributed by atoms with van der Waals surface area (Å²) >= 11 is 0. The number of hydrogen-bond acceptors (Lipinski definition) is 2. The molecule has 3 aromatic rings. The zero-order chi connectivity index (χ0) is 13.4. The van der Waals surface area contributed by atoms with Crippen molar-refractivity contribution in [2.24, 2.45) is 0 Å². The molecule has 0 aliphatic carbocycles. The van der Waals surface area contributed by atoms with Crippen LogP contribution in [0.15, 0.2) is 42.5 Å². The Morgan fingerprint density at radius 3 is 2.79 bits per heavy atom. The molecule has 2 aromatic carbocycles. The first-order valence-electron chi connectivity index (χ1n) is 6.11. The molecule has 19 heavy (non-hydrogen) atoms. The highest BCUT2D eigenvalue weighted by Gasteiger charge is 2.10. The first kappa shape index (κ1) is 11.7. The summed E-state index contributed by atoms with van der Waals surface area (Å²) in [6.07, 6.45) is 0. The van der Waals surface area contributed by atoms with E-state index < -0.39 is 0 Å². The van der Waals surface area contributed by atoms with Crippen molar-refractivity contribution in [3.05, 3.63) is 59.4 Å². The number of aryl methyl sites for hydroxylation is 1.